The first-order valence-corrected chi connectivity index (χ1v) is 11.6. The van der Waals surface area contributed by atoms with Crippen LogP contribution in [0.1, 0.15) is 12.8 Å². The Hall–Kier alpha value is -3.23. The van der Waals surface area contributed by atoms with Gasteiger partial charge < -0.3 is 10.1 Å². The first-order chi connectivity index (χ1) is 15.7. The fourth-order valence-electron chi connectivity index (χ4n) is 3.94. The molecule has 1 aliphatic rings. The van der Waals surface area contributed by atoms with Crippen LogP contribution in [0.15, 0.2) is 70.7 Å². The zero-order valence-corrected chi connectivity index (χ0v) is 18.2. The van der Waals surface area contributed by atoms with Crippen LogP contribution in [0.3, 0.4) is 0 Å². The van der Waals surface area contributed by atoms with E-state index in [1.807, 2.05) is 48.5 Å². The molecule has 0 bridgehead atoms. The Morgan fingerprint density at radius 3 is 2.81 bits per heavy atom. The molecule has 1 amide bonds. The van der Waals surface area contributed by atoms with Crippen molar-refractivity contribution in [3.63, 3.8) is 0 Å². The molecule has 0 radical (unpaired) electrons. The van der Waals surface area contributed by atoms with Gasteiger partial charge in [0.1, 0.15) is 0 Å². The van der Waals surface area contributed by atoms with Gasteiger partial charge in [-0.1, -0.05) is 30.0 Å². The molecular formula is C24H22N4O3S. The highest BCUT2D eigenvalue weighted by atomic mass is 32.2. The summed E-state index contributed by atoms with van der Waals surface area (Å²) < 4.78 is 7.39. The Kier molecular flexibility index (Phi) is 5.87. The molecule has 1 aliphatic heterocycles. The van der Waals surface area contributed by atoms with Crippen molar-refractivity contribution >= 4 is 45.2 Å². The van der Waals surface area contributed by atoms with E-state index in [0.29, 0.717) is 34.9 Å². The third-order valence-electron chi connectivity index (χ3n) is 5.49. The number of hydrogen-bond acceptors (Lipinski definition) is 6. The molecule has 1 N–H and O–H groups in total. The van der Waals surface area contributed by atoms with E-state index < -0.39 is 0 Å². The van der Waals surface area contributed by atoms with Crippen LogP contribution < -0.4 is 10.9 Å². The Morgan fingerprint density at radius 2 is 1.94 bits per heavy atom. The van der Waals surface area contributed by atoms with Crippen LogP contribution in [-0.2, 0) is 16.1 Å². The van der Waals surface area contributed by atoms with E-state index in [2.05, 4.69) is 15.3 Å². The van der Waals surface area contributed by atoms with Gasteiger partial charge >= 0.3 is 0 Å². The predicted octanol–water partition coefficient (Wildman–Crippen LogP) is 3.85. The molecule has 2 aromatic carbocycles. The van der Waals surface area contributed by atoms with E-state index in [-0.39, 0.29) is 23.3 Å². The number of hydrogen-bond donors (Lipinski definition) is 1. The molecule has 1 atom stereocenters. The number of rotatable bonds is 6. The third-order valence-corrected chi connectivity index (χ3v) is 6.47. The normalized spacial score (nSPS) is 15.9. The maximum absolute atomic E-state index is 13.2. The maximum Gasteiger partial charge on any atom is 0.262 e. The molecule has 5 rings (SSSR count). The molecule has 7 nitrogen and oxygen atoms in total. The number of carbonyl (C=O) groups is 1. The average Bonchev–Trinajstić information content (AvgIpc) is 3.33. The predicted molar refractivity (Wildman–Crippen MR) is 126 cm³/mol. The molecule has 1 unspecified atom stereocenters. The number of fused-ring (bicyclic) bond motifs is 2. The summed E-state index contributed by atoms with van der Waals surface area (Å²) in [5.74, 6) is -0.0372. The van der Waals surface area contributed by atoms with E-state index in [9.17, 15) is 9.59 Å². The average molecular weight is 447 g/mol. The van der Waals surface area contributed by atoms with Gasteiger partial charge in [0, 0.05) is 18.2 Å². The van der Waals surface area contributed by atoms with Gasteiger partial charge in [-0.15, -0.1) is 0 Å². The van der Waals surface area contributed by atoms with Gasteiger partial charge in [-0.3, -0.25) is 19.1 Å². The van der Waals surface area contributed by atoms with Crippen molar-refractivity contribution in [2.75, 3.05) is 17.7 Å². The molecule has 4 aromatic rings. The van der Waals surface area contributed by atoms with E-state index >= 15 is 0 Å². The molecule has 0 spiro atoms. The van der Waals surface area contributed by atoms with E-state index in [4.69, 9.17) is 4.74 Å². The van der Waals surface area contributed by atoms with Crippen molar-refractivity contribution in [2.24, 2.45) is 0 Å². The topological polar surface area (TPSA) is 86.1 Å². The fraction of sp³-hybridized carbons (Fsp3) is 0.250. The zero-order valence-electron chi connectivity index (χ0n) is 17.4. The molecule has 162 valence electrons. The minimum Gasteiger partial charge on any atom is -0.376 e. The number of anilines is 1. The molecule has 0 aliphatic carbocycles. The van der Waals surface area contributed by atoms with Gasteiger partial charge in [-0.25, -0.2) is 4.98 Å². The summed E-state index contributed by atoms with van der Waals surface area (Å²) in [6.45, 7) is 1.15. The van der Waals surface area contributed by atoms with Crippen LogP contribution in [0.2, 0.25) is 0 Å². The highest BCUT2D eigenvalue weighted by Crippen LogP contribution is 2.24. The SMILES string of the molecule is O=C(CSc1nc2ccccc2c(=O)n1CC1CCCO1)Nc1cccc2ncccc12. The number of benzene rings is 2. The summed E-state index contributed by atoms with van der Waals surface area (Å²) in [6.07, 6.45) is 3.62. The minimum atomic E-state index is -0.169. The number of pyridine rings is 1. The standard InChI is InChI=1S/C24H22N4O3S/c29-22(26-20-11-3-10-19-17(20)8-4-12-25-19)15-32-24-27-21-9-2-1-7-18(21)23(30)28(24)14-16-6-5-13-31-16/h1-4,7-12,16H,5-6,13-15H2,(H,26,29). The number of nitrogens with zero attached hydrogens (tertiary/aromatic N) is 3. The zero-order chi connectivity index (χ0) is 21.9. The van der Waals surface area contributed by atoms with Gasteiger partial charge in [0.05, 0.1) is 40.5 Å². The van der Waals surface area contributed by atoms with Crippen LogP contribution in [0, 0.1) is 0 Å². The summed E-state index contributed by atoms with van der Waals surface area (Å²) in [5.41, 5.74) is 2.06. The summed E-state index contributed by atoms with van der Waals surface area (Å²) in [7, 11) is 0. The Balaban J connectivity index is 1.39. The molecule has 32 heavy (non-hydrogen) atoms. The van der Waals surface area contributed by atoms with E-state index in [1.54, 1.807) is 16.8 Å². The van der Waals surface area contributed by atoms with Crippen molar-refractivity contribution in [1.29, 1.82) is 0 Å². The van der Waals surface area contributed by atoms with Crippen LogP contribution in [0.25, 0.3) is 21.8 Å². The summed E-state index contributed by atoms with van der Waals surface area (Å²) in [6, 6.07) is 16.7. The molecule has 3 heterocycles. The lowest BCUT2D eigenvalue weighted by Crippen LogP contribution is -2.29. The van der Waals surface area contributed by atoms with Crippen LogP contribution in [0.5, 0.6) is 0 Å². The molecule has 8 heteroatoms. The van der Waals surface area contributed by atoms with Gasteiger partial charge in [0.25, 0.3) is 5.56 Å². The summed E-state index contributed by atoms with van der Waals surface area (Å²) in [5, 5.41) is 4.94. The van der Waals surface area contributed by atoms with Gasteiger partial charge in [0.2, 0.25) is 5.91 Å². The monoisotopic (exact) mass is 446 g/mol. The second kappa shape index (κ2) is 9.10. The molecule has 0 saturated carbocycles. The quantitative estimate of drug-likeness (QED) is 0.358. The Labute approximate surface area is 188 Å². The minimum absolute atomic E-state index is 0.00739. The number of ether oxygens (including phenoxy) is 1. The second-order valence-corrected chi connectivity index (χ2v) is 8.62. The van der Waals surface area contributed by atoms with Crippen molar-refractivity contribution < 1.29 is 9.53 Å². The lowest BCUT2D eigenvalue weighted by molar-refractivity contribution is -0.113. The van der Waals surface area contributed by atoms with Gasteiger partial charge in [-0.2, -0.15) is 0 Å². The number of para-hydroxylation sites is 1. The fourth-order valence-corrected chi connectivity index (χ4v) is 4.75. The number of amides is 1. The third kappa shape index (κ3) is 4.24. The Bertz CT molecular complexity index is 1340. The first-order valence-electron chi connectivity index (χ1n) is 10.6. The smallest absolute Gasteiger partial charge is 0.262 e. The number of nitrogens with one attached hydrogen (secondary N) is 1. The molecule has 1 fully saturated rings. The van der Waals surface area contributed by atoms with E-state index in [1.165, 1.54) is 11.8 Å². The number of aromatic nitrogens is 3. The summed E-state index contributed by atoms with van der Waals surface area (Å²) >= 11 is 1.26. The molecule has 2 aromatic heterocycles. The van der Waals surface area contributed by atoms with Crippen molar-refractivity contribution in [3.8, 4) is 0 Å². The maximum atomic E-state index is 13.2. The Morgan fingerprint density at radius 1 is 1.09 bits per heavy atom. The molecule has 1 saturated heterocycles. The van der Waals surface area contributed by atoms with Crippen LogP contribution in [0.4, 0.5) is 5.69 Å². The highest BCUT2D eigenvalue weighted by molar-refractivity contribution is 7.99. The van der Waals surface area contributed by atoms with E-state index in [0.717, 1.165) is 23.7 Å². The van der Waals surface area contributed by atoms with Gasteiger partial charge in [0.15, 0.2) is 5.16 Å². The van der Waals surface area contributed by atoms with Crippen molar-refractivity contribution in [3.05, 3.63) is 71.1 Å². The first kappa shape index (κ1) is 20.7. The second-order valence-electron chi connectivity index (χ2n) is 7.67. The van der Waals surface area contributed by atoms with Crippen molar-refractivity contribution in [2.45, 2.75) is 30.6 Å². The number of carbonyl (C=O) groups excluding carboxylic acids is 1. The largest absolute Gasteiger partial charge is 0.376 e. The lowest BCUT2D eigenvalue weighted by Gasteiger charge is -2.16. The lowest BCUT2D eigenvalue weighted by atomic mass is 10.2. The van der Waals surface area contributed by atoms with Gasteiger partial charge in [-0.05, 0) is 49.2 Å². The molecular weight excluding hydrogens is 424 g/mol. The van der Waals surface area contributed by atoms with Crippen LogP contribution >= 0.6 is 11.8 Å². The number of thioether (sulfide) groups is 1. The van der Waals surface area contributed by atoms with Crippen molar-refractivity contribution in [1.82, 2.24) is 14.5 Å². The highest BCUT2D eigenvalue weighted by Gasteiger charge is 2.20. The summed E-state index contributed by atoms with van der Waals surface area (Å²) in [4.78, 5) is 34.9. The van der Waals surface area contributed by atoms with Crippen LogP contribution in [-0.4, -0.2) is 38.9 Å².